The molecule has 1 N–H and O–H groups in total. The molecule has 0 unspecified atom stereocenters. The number of piperidine rings is 1. The number of aliphatic hydroxyl groups is 1. The van der Waals surface area contributed by atoms with Gasteiger partial charge in [0, 0.05) is 23.9 Å². The Hall–Kier alpha value is -1.56. The molecule has 0 radical (unpaired) electrons. The first kappa shape index (κ1) is 17.8. The number of hydrogen-bond donors (Lipinski definition) is 1. The van der Waals surface area contributed by atoms with Crippen molar-refractivity contribution < 1.29 is 24.2 Å². The summed E-state index contributed by atoms with van der Waals surface area (Å²) >= 11 is 0. The maximum absolute atomic E-state index is 12.6. The van der Waals surface area contributed by atoms with Crippen LogP contribution in [-0.4, -0.2) is 51.8 Å². The van der Waals surface area contributed by atoms with Crippen LogP contribution >= 0.6 is 0 Å². The van der Waals surface area contributed by atoms with Gasteiger partial charge >= 0.3 is 11.9 Å². The second-order valence-electron chi connectivity index (χ2n) is 7.51. The van der Waals surface area contributed by atoms with Gasteiger partial charge in [-0.25, -0.2) is 9.59 Å². The molecule has 0 aromatic carbocycles. The second kappa shape index (κ2) is 5.51. The zero-order valence-electron chi connectivity index (χ0n) is 14.9. The fourth-order valence-electron chi connectivity index (χ4n) is 4.47. The largest absolute Gasteiger partial charge is 0.462 e. The highest BCUT2D eigenvalue weighted by Crippen LogP contribution is 2.54. The van der Waals surface area contributed by atoms with E-state index in [1.165, 1.54) is 0 Å². The molecule has 0 saturated carbocycles. The van der Waals surface area contributed by atoms with Crippen LogP contribution in [0.5, 0.6) is 0 Å². The van der Waals surface area contributed by atoms with E-state index >= 15 is 0 Å². The molecule has 0 atom stereocenters. The Balaban J connectivity index is 2.71. The highest BCUT2D eigenvalue weighted by molar-refractivity contribution is 6.02. The zero-order valence-corrected chi connectivity index (χ0v) is 14.9. The highest BCUT2D eigenvalue weighted by atomic mass is 16.5. The van der Waals surface area contributed by atoms with Gasteiger partial charge in [0.2, 0.25) is 0 Å². The van der Waals surface area contributed by atoms with Gasteiger partial charge in [-0.3, -0.25) is 0 Å². The van der Waals surface area contributed by atoms with Crippen molar-refractivity contribution in [3.8, 4) is 0 Å². The van der Waals surface area contributed by atoms with Gasteiger partial charge in [-0.15, -0.1) is 0 Å². The molecule has 0 spiro atoms. The SMILES string of the molecule is CCOC(=O)C1=C(C(=O)OCC)C2(O)CC(C)(C)N1C(C)(C)C2. The Morgan fingerprint density at radius 3 is 1.87 bits per heavy atom. The Bertz CT molecular complexity index is 543. The van der Waals surface area contributed by atoms with E-state index in [9.17, 15) is 14.7 Å². The van der Waals surface area contributed by atoms with Gasteiger partial charge in [0.25, 0.3) is 0 Å². The normalized spacial score (nSPS) is 23.7. The van der Waals surface area contributed by atoms with Crippen LogP contribution in [0.1, 0.15) is 54.4 Å². The number of carbonyl (C=O) groups excluding carboxylic acids is 2. The Morgan fingerprint density at radius 2 is 1.43 bits per heavy atom. The van der Waals surface area contributed by atoms with E-state index in [1.54, 1.807) is 13.8 Å². The monoisotopic (exact) mass is 325 g/mol. The average molecular weight is 325 g/mol. The van der Waals surface area contributed by atoms with Gasteiger partial charge in [0.15, 0.2) is 0 Å². The average Bonchev–Trinajstić information content (AvgIpc) is 2.34. The molecule has 1 fully saturated rings. The van der Waals surface area contributed by atoms with Crippen molar-refractivity contribution in [1.29, 1.82) is 0 Å². The van der Waals surface area contributed by atoms with Crippen LogP contribution in [0.2, 0.25) is 0 Å². The Kier molecular flexibility index (Phi) is 4.26. The molecule has 130 valence electrons. The van der Waals surface area contributed by atoms with Crippen LogP contribution in [0.3, 0.4) is 0 Å². The van der Waals surface area contributed by atoms with E-state index < -0.39 is 28.6 Å². The minimum absolute atomic E-state index is 0.0384. The number of rotatable bonds is 4. The lowest BCUT2D eigenvalue weighted by atomic mass is 9.63. The quantitative estimate of drug-likeness (QED) is 0.794. The summed E-state index contributed by atoms with van der Waals surface area (Å²) in [6.07, 6.45) is 0.723. The van der Waals surface area contributed by atoms with E-state index in [0.29, 0.717) is 12.8 Å². The number of esters is 2. The number of carbonyl (C=O) groups is 2. The Labute approximate surface area is 137 Å². The molecule has 0 aromatic heterocycles. The van der Waals surface area contributed by atoms with Crippen molar-refractivity contribution in [3.63, 3.8) is 0 Å². The van der Waals surface area contributed by atoms with Crippen molar-refractivity contribution in [2.45, 2.75) is 71.1 Å². The lowest BCUT2D eigenvalue weighted by molar-refractivity contribution is -0.166. The van der Waals surface area contributed by atoms with Crippen LogP contribution < -0.4 is 0 Å². The lowest BCUT2D eigenvalue weighted by Gasteiger charge is -2.63. The summed E-state index contributed by atoms with van der Waals surface area (Å²) < 4.78 is 10.3. The van der Waals surface area contributed by atoms with E-state index in [-0.39, 0.29) is 24.5 Å². The van der Waals surface area contributed by atoms with E-state index in [0.717, 1.165) is 0 Å². The third-order valence-electron chi connectivity index (χ3n) is 4.53. The van der Waals surface area contributed by atoms with Gasteiger partial charge in [0.05, 0.1) is 18.8 Å². The van der Waals surface area contributed by atoms with Crippen molar-refractivity contribution in [2.24, 2.45) is 0 Å². The summed E-state index contributed by atoms with van der Waals surface area (Å²) in [5.41, 5.74) is -2.17. The molecule has 3 heterocycles. The van der Waals surface area contributed by atoms with E-state index in [2.05, 4.69) is 0 Å². The first-order valence-electron chi connectivity index (χ1n) is 8.12. The molecule has 0 aromatic rings. The molecule has 3 aliphatic rings. The standard InChI is InChI=1S/C17H27NO5/c1-7-22-13(19)11-12(14(20)23-8-2)18-15(3,4)9-17(11,21)10-16(18,5)6/h21H,7-10H2,1-6H3. The van der Waals surface area contributed by atoms with E-state index in [4.69, 9.17) is 9.47 Å². The summed E-state index contributed by atoms with van der Waals surface area (Å²) in [6.45, 7) is 11.6. The van der Waals surface area contributed by atoms with Crippen molar-refractivity contribution in [2.75, 3.05) is 13.2 Å². The van der Waals surface area contributed by atoms with Crippen molar-refractivity contribution in [3.05, 3.63) is 11.3 Å². The van der Waals surface area contributed by atoms with Gasteiger partial charge < -0.3 is 19.5 Å². The first-order valence-corrected chi connectivity index (χ1v) is 8.12. The molecule has 3 rings (SSSR count). The summed E-state index contributed by atoms with van der Waals surface area (Å²) in [5.74, 6) is -1.23. The third-order valence-corrected chi connectivity index (χ3v) is 4.53. The van der Waals surface area contributed by atoms with Gasteiger partial charge in [0.1, 0.15) is 11.3 Å². The number of fused-ring (bicyclic) bond motifs is 2. The minimum Gasteiger partial charge on any atom is -0.462 e. The summed E-state index contributed by atoms with van der Waals surface area (Å²) in [4.78, 5) is 27.0. The molecule has 23 heavy (non-hydrogen) atoms. The second-order valence-corrected chi connectivity index (χ2v) is 7.51. The molecule has 3 aliphatic heterocycles. The number of nitrogens with zero attached hydrogens (tertiary/aromatic N) is 1. The minimum atomic E-state index is -1.39. The van der Waals surface area contributed by atoms with Crippen molar-refractivity contribution in [1.82, 2.24) is 4.90 Å². The highest BCUT2D eigenvalue weighted by Gasteiger charge is 2.62. The summed E-state index contributed by atoms with van der Waals surface area (Å²) in [6, 6.07) is 0. The molecule has 2 bridgehead atoms. The van der Waals surface area contributed by atoms with Gasteiger partial charge in [-0.2, -0.15) is 0 Å². The summed E-state index contributed by atoms with van der Waals surface area (Å²) in [7, 11) is 0. The zero-order chi connectivity index (χ0) is 17.6. The molecule has 6 heteroatoms. The fourth-order valence-corrected chi connectivity index (χ4v) is 4.47. The predicted octanol–water partition coefficient (Wildman–Crippen LogP) is 1.76. The van der Waals surface area contributed by atoms with Crippen LogP contribution in [0.4, 0.5) is 0 Å². The molecule has 0 amide bonds. The number of hydrogen-bond acceptors (Lipinski definition) is 6. The lowest BCUT2D eigenvalue weighted by Crippen LogP contribution is -2.71. The molecule has 0 aliphatic carbocycles. The van der Waals surface area contributed by atoms with Crippen LogP contribution in [-0.2, 0) is 19.1 Å². The van der Waals surface area contributed by atoms with E-state index in [1.807, 2.05) is 32.6 Å². The van der Waals surface area contributed by atoms with Crippen LogP contribution in [0.15, 0.2) is 11.3 Å². The van der Waals surface area contributed by atoms with Crippen molar-refractivity contribution >= 4 is 11.9 Å². The smallest absolute Gasteiger partial charge is 0.355 e. The maximum atomic E-state index is 12.6. The first-order chi connectivity index (χ1) is 10.5. The fraction of sp³-hybridized carbons (Fsp3) is 0.765. The maximum Gasteiger partial charge on any atom is 0.355 e. The molecular formula is C17H27NO5. The molecule has 1 saturated heterocycles. The van der Waals surface area contributed by atoms with Crippen LogP contribution in [0, 0.1) is 0 Å². The van der Waals surface area contributed by atoms with Crippen LogP contribution in [0.25, 0.3) is 0 Å². The number of ether oxygens (including phenoxy) is 2. The van der Waals surface area contributed by atoms with Gasteiger partial charge in [-0.1, -0.05) is 0 Å². The summed E-state index contributed by atoms with van der Waals surface area (Å²) in [5, 5.41) is 11.2. The third kappa shape index (κ3) is 2.73. The molecule has 6 nitrogen and oxygen atoms in total. The Morgan fingerprint density at radius 1 is 1.00 bits per heavy atom. The predicted molar refractivity (Wildman–Crippen MR) is 84.5 cm³/mol. The topological polar surface area (TPSA) is 76.1 Å². The van der Waals surface area contributed by atoms with Gasteiger partial charge in [-0.05, 0) is 41.5 Å². The molecular weight excluding hydrogens is 298 g/mol.